The van der Waals surface area contributed by atoms with E-state index in [1.807, 2.05) is 18.9 Å². The third kappa shape index (κ3) is 7.86. The lowest BCUT2D eigenvalue weighted by Gasteiger charge is -2.21. The zero-order valence-corrected chi connectivity index (χ0v) is 20.5. The van der Waals surface area contributed by atoms with Gasteiger partial charge in [0.25, 0.3) is 0 Å². The summed E-state index contributed by atoms with van der Waals surface area (Å²) in [6.45, 7) is 6.82. The number of cyclic esters (lactones) is 1. The Bertz CT molecular complexity index is 737. The van der Waals surface area contributed by atoms with Crippen molar-refractivity contribution in [2.75, 3.05) is 57.2 Å². The van der Waals surface area contributed by atoms with E-state index in [9.17, 15) is 9.18 Å². The first-order valence-electron chi connectivity index (χ1n) is 10.2. The zero-order valence-electron chi connectivity index (χ0n) is 18.9. The van der Waals surface area contributed by atoms with Crippen molar-refractivity contribution in [2.45, 2.75) is 32.8 Å². The van der Waals surface area contributed by atoms with E-state index in [2.05, 4.69) is 24.5 Å². The summed E-state index contributed by atoms with van der Waals surface area (Å²) in [4.78, 5) is 17.0. The molecule has 0 aliphatic carbocycles. The molecule has 7 nitrogen and oxygen atoms in total. The maximum absolute atomic E-state index is 14.5. The van der Waals surface area contributed by atoms with Crippen LogP contribution in [0.25, 0.3) is 0 Å². The number of carbonyl (C=O) groups is 1. The zero-order chi connectivity index (χ0) is 23.4. The van der Waals surface area contributed by atoms with Crippen LogP contribution in [0.3, 0.4) is 0 Å². The Morgan fingerprint density at radius 1 is 1.32 bits per heavy atom. The lowest BCUT2D eigenvalue weighted by atomic mass is 10.2. The van der Waals surface area contributed by atoms with Crippen LogP contribution >= 0.6 is 24.4 Å². The minimum Gasteiger partial charge on any atom is -0.444 e. The van der Waals surface area contributed by atoms with E-state index < -0.39 is 6.09 Å². The molecule has 10 heteroatoms. The molecule has 0 spiro atoms. The quantitative estimate of drug-likeness (QED) is 0.628. The summed E-state index contributed by atoms with van der Waals surface area (Å²) >= 11 is 9.61. The predicted molar refractivity (Wildman–Crippen MR) is 132 cm³/mol. The summed E-state index contributed by atoms with van der Waals surface area (Å²) in [6, 6.07) is 4.77. The van der Waals surface area contributed by atoms with Gasteiger partial charge in [-0.25, -0.2) is 9.18 Å². The van der Waals surface area contributed by atoms with Crippen LogP contribution in [-0.2, 0) is 9.47 Å². The number of carbonyl (C=O) groups excluding carboxylic acids is 1. The summed E-state index contributed by atoms with van der Waals surface area (Å²) < 4.78 is 24.4. The fraction of sp³-hybridized carbons (Fsp3) is 0.571. The van der Waals surface area contributed by atoms with Gasteiger partial charge in [-0.3, -0.25) is 4.90 Å². The molecule has 0 bridgehead atoms. The summed E-state index contributed by atoms with van der Waals surface area (Å²) in [5, 5.41) is 3.23. The summed E-state index contributed by atoms with van der Waals surface area (Å²) in [7, 11) is 5.37. The number of anilines is 2. The number of nitrogens with one attached hydrogen (secondary N) is 1. The molecule has 1 N–H and O–H groups in total. The molecule has 2 fully saturated rings. The van der Waals surface area contributed by atoms with Crippen LogP contribution in [0.5, 0.6) is 0 Å². The number of amides is 1. The lowest BCUT2D eigenvalue weighted by Crippen LogP contribution is -2.30. The SMILES string of the molecule is CCC1CN(c2ccc(N3CCN(C)C3=S)c(F)c2)C(=O)O1.CCCOC.CNC=S. The molecule has 31 heavy (non-hydrogen) atoms. The highest BCUT2D eigenvalue weighted by molar-refractivity contribution is 7.80. The number of ether oxygens (including phenoxy) is 2. The molecule has 174 valence electrons. The highest BCUT2D eigenvalue weighted by Gasteiger charge is 2.32. The molecule has 3 rings (SSSR count). The third-order valence-corrected chi connectivity index (χ3v) is 5.37. The van der Waals surface area contributed by atoms with Crippen molar-refractivity contribution in [1.29, 1.82) is 0 Å². The molecule has 0 radical (unpaired) electrons. The van der Waals surface area contributed by atoms with E-state index in [0.29, 0.717) is 29.6 Å². The molecule has 1 atom stereocenters. The monoisotopic (exact) mass is 472 g/mol. The van der Waals surface area contributed by atoms with Crippen molar-refractivity contribution >= 4 is 52.5 Å². The van der Waals surface area contributed by atoms with E-state index in [0.717, 1.165) is 26.0 Å². The molecular weight excluding hydrogens is 439 g/mol. The Labute approximate surface area is 195 Å². The van der Waals surface area contributed by atoms with Gasteiger partial charge < -0.3 is 24.6 Å². The van der Waals surface area contributed by atoms with Gasteiger partial charge in [0.1, 0.15) is 11.9 Å². The molecule has 2 aliphatic heterocycles. The van der Waals surface area contributed by atoms with Gasteiger partial charge in [0.05, 0.1) is 23.4 Å². The van der Waals surface area contributed by atoms with E-state index in [1.54, 1.807) is 31.2 Å². The van der Waals surface area contributed by atoms with Crippen LogP contribution in [0.4, 0.5) is 20.6 Å². The Balaban J connectivity index is 0.000000454. The Morgan fingerprint density at radius 3 is 2.39 bits per heavy atom. The largest absolute Gasteiger partial charge is 0.444 e. The van der Waals surface area contributed by atoms with E-state index >= 15 is 0 Å². The second kappa shape index (κ2) is 14.1. The molecule has 1 aromatic carbocycles. The van der Waals surface area contributed by atoms with Crippen LogP contribution in [0.2, 0.25) is 0 Å². The summed E-state index contributed by atoms with van der Waals surface area (Å²) in [5.74, 6) is -0.386. The molecule has 1 aromatic rings. The van der Waals surface area contributed by atoms with Crippen molar-refractivity contribution in [3.8, 4) is 0 Å². The van der Waals surface area contributed by atoms with Gasteiger partial charge in [0.15, 0.2) is 5.11 Å². The van der Waals surface area contributed by atoms with Crippen molar-refractivity contribution in [3.63, 3.8) is 0 Å². The number of nitrogens with zero attached hydrogens (tertiary/aromatic N) is 3. The normalized spacial score (nSPS) is 17.5. The number of rotatable bonds is 6. The Kier molecular flexibility index (Phi) is 12.3. The second-order valence-electron chi connectivity index (χ2n) is 6.92. The molecular formula is C21H33FN4O3S2. The highest BCUT2D eigenvalue weighted by Crippen LogP contribution is 2.29. The van der Waals surface area contributed by atoms with E-state index in [4.69, 9.17) is 21.7 Å². The molecule has 0 aromatic heterocycles. The smallest absolute Gasteiger partial charge is 0.414 e. The first kappa shape index (κ1) is 27.0. The predicted octanol–water partition coefficient (Wildman–Crippen LogP) is 3.80. The first-order chi connectivity index (χ1) is 14.8. The number of hydrogen-bond acceptors (Lipinski definition) is 5. The van der Waals surface area contributed by atoms with Gasteiger partial charge in [-0.1, -0.05) is 26.1 Å². The van der Waals surface area contributed by atoms with Gasteiger partial charge in [-0.2, -0.15) is 0 Å². The molecule has 0 saturated carbocycles. The number of thiocarbonyl (C=S) groups is 2. The molecule has 2 aliphatic rings. The third-order valence-electron chi connectivity index (χ3n) is 4.61. The van der Waals surface area contributed by atoms with E-state index in [-0.39, 0.29) is 11.9 Å². The Hall–Kier alpha value is -2.04. The van der Waals surface area contributed by atoms with Crippen LogP contribution in [0.15, 0.2) is 18.2 Å². The topological polar surface area (TPSA) is 57.3 Å². The van der Waals surface area contributed by atoms with Crippen molar-refractivity contribution in [1.82, 2.24) is 10.2 Å². The van der Waals surface area contributed by atoms with Crippen molar-refractivity contribution < 1.29 is 18.7 Å². The maximum atomic E-state index is 14.5. The fourth-order valence-corrected chi connectivity index (χ4v) is 3.18. The second-order valence-corrected chi connectivity index (χ2v) is 7.52. The van der Waals surface area contributed by atoms with Crippen LogP contribution in [-0.4, -0.2) is 75.1 Å². The van der Waals surface area contributed by atoms with Gasteiger partial charge in [-0.05, 0) is 43.3 Å². The van der Waals surface area contributed by atoms with Gasteiger partial charge in [-0.15, -0.1) is 0 Å². The standard InChI is InChI=1S/C15H18FN3O2S.C4H10O.C2H5NS/c1-3-11-9-19(15(20)21-11)10-4-5-13(12(16)8-10)18-7-6-17(2)14(18)22;1-3-4-5-2;1-3-2-4/h4-5,8,11H,3,6-7,9H2,1-2H3;3-4H2,1-2H3;2H,1H3,(H,3,4). The number of halogens is 1. The molecule has 1 unspecified atom stereocenters. The average molecular weight is 473 g/mol. The van der Waals surface area contributed by atoms with Gasteiger partial charge in [0.2, 0.25) is 0 Å². The summed E-state index contributed by atoms with van der Waals surface area (Å²) in [5.41, 5.74) is 2.42. The lowest BCUT2D eigenvalue weighted by molar-refractivity contribution is 0.139. The average Bonchev–Trinajstić information content (AvgIpc) is 3.31. The molecule has 2 saturated heterocycles. The van der Waals surface area contributed by atoms with Crippen LogP contribution in [0.1, 0.15) is 26.7 Å². The number of benzene rings is 1. The van der Waals surface area contributed by atoms with Gasteiger partial charge in [0, 0.05) is 40.9 Å². The number of hydrogen-bond donors (Lipinski definition) is 1. The maximum Gasteiger partial charge on any atom is 0.414 e. The Morgan fingerprint density at radius 2 is 2.00 bits per heavy atom. The van der Waals surface area contributed by atoms with Gasteiger partial charge >= 0.3 is 6.09 Å². The molecule has 1 amide bonds. The minimum absolute atomic E-state index is 0.130. The van der Waals surface area contributed by atoms with Crippen LogP contribution in [0, 0.1) is 5.82 Å². The number of methoxy groups -OCH3 is 1. The summed E-state index contributed by atoms with van der Waals surface area (Å²) in [6.07, 6.45) is 1.32. The van der Waals surface area contributed by atoms with Crippen LogP contribution < -0.4 is 15.1 Å². The fourth-order valence-electron chi connectivity index (χ4n) is 2.90. The highest BCUT2D eigenvalue weighted by atomic mass is 32.1. The first-order valence-corrected chi connectivity index (χ1v) is 11.1. The van der Waals surface area contributed by atoms with Crippen molar-refractivity contribution in [2.24, 2.45) is 0 Å². The molecule has 2 heterocycles. The van der Waals surface area contributed by atoms with Crippen molar-refractivity contribution in [3.05, 3.63) is 24.0 Å². The minimum atomic E-state index is -0.421. The van der Waals surface area contributed by atoms with E-state index in [1.165, 1.54) is 16.5 Å². The number of likely N-dealkylation sites (N-methyl/N-ethyl adjacent to an activating group) is 1.